The predicted molar refractivity (Wildman–Crippen MR) is 149 cm³/mol. The number of hydrogen-bond acceptors (Lipinski definition) is 6. The van der Waals surface area contributed by atoms with E-state index in [1.165, 1.54) is 4.90 Å². The molecule has 0 bridgehead atoms. The van der Waals surface area contributed by atoms with Crippen LogP contribution in [0.5, 0.6) is 0 Å². The Morgan fingerprint density at radius 1 is 1.00 bits per heavy atom. The zero-order valence-electron chi connectivity index (χ0n) is 19.7. The number of nitrogens with zero attached hydrogens (tertiary/aromatic N) is 4. The van der Waals surface area contributed by atoms with Crippen molar-refractivity contribution in [2.24, 2.45) is 0 Å². The van der Waals surface area contributed by atoms with E-state index in [0.717, 1.165) is 21.4 Å². The zero-order valence-corrected chi connectivity index (χ0v) is 22.1. The second-order valence-electron chi connectivity index (χ2n) is 8.69. The SMILES string of the molecule is Cc1cccc(NC(=O)CN2C(=O)C(=c3sc4nc(-c5ccc(Cl)cc5Cl)nn4c3=O)c3ccccc32)c1. The number of fused-ring (bicyclic) bond motifs is 2. The van der Waals surface area contributed by atoms with E-state index in [1.54, 1.807) is 48.5 Å². The van der Waals surface area contributed by atoms with Crippen LogP contribution < -0.4 is 20.3 Å². The average molecular weight is 562 g/mol. The number of hydrogen-bond donors (Lipinski definition) is 1. The Morgan fingerprint density at radius 3 is 2.58 bits per heavy atom. The lowest BCUT2D eigenvalue weighted by atomic mass is 10.1. The molecule has 0 aliphatic carbocycles. The van der Waals surface area contributed by atoms with Crippen molar-refractivity contribution >= 4 is 68.3 Å². The number of carbonyl (C=O) groups is 2. The van der Waals surface area contributed by atoms with Crippen molar-refractivity contribution in [2.45, 2.75) is 6.92 Å². The minimum absolute atomic E-state index is 0.202. The number of aromatic nitrogens is 3. The van der Waals surface area contributed by atoms with Crippen LogP contribution in [0.2, 0.25) is 10.0 Å². The van der Waals surface area contributed by atoms with E-state index >= 15 is 0 Å². The minimum Gasteiger partial charge on any atom is -0.325 e. The molecule has 5 aromatic rings. The molecule has 0 saturated carbocycles. The molecule has 0 saturated heterocycles. The van der Waals surface area contributed by atoms with Crippen molar-refractivity contribution in [2.75, 3.05) is 16.8 Å². The summed E-state index contributed by atoms with van der Waals surface area (Å²) in [6.45, 7) is 1.72. The number of amides is 2. The maximum absolute atomic E-state index is 13.6. The van der Waals surface area contributed by atoms with E-state index in [4.69, 9.17) is 23.2 Å². The van der Waals surface area contributed by atoms with Crippen LogP contribution >= 0.6 is 34.5 Å². The smallest absolute Gasteiger partial charge is 0.291 e. The van der Waals surface area contributed by atoms with Gasteiger partial charge in [0.1, 0.15) is 11.1 Å². The van der Waals surface area contributed by atoms with Gasteiger partial charge in [0.15, 0.2) is 5.82 Å². The zero-order chi connectivity index (χ0) is 26.6. The molecule has 38 heavy (non-hydrogen) atoms. The molecule has 1 N–H and O–H groups in total. The second kappa shape index (κ2) is 9.36. The third-order valence-electron chi connectivity index (χ3n) is 6.08. The number of para-hydroxylation sites is 1. The number of anilines is 2. The van der Waals surface area contributed by atoms with Gasteiger partial charge in [0, 0.05) is 21.8 Å². The van der Waals surface area contributed by atoms with E-state index in [-0.39, 0.29) is 28.4 Å². The van der Waals surface area contributed by atoms with Crippen molar-refractivity contribution in [3.05, 3.63) is 103 Å². The van der Waals surface area contributed by atoms with Gasteiger partial charge in [0.2, 0.25) is 10.9 Å². The van der Waals surface area contributed by atoms with Crippen LogP contribution in [0.15, 0.2) is 71.5 Å². The van der Waals surface area contributed by atoms with Crippen molar-refractivity contribution in [1.82, 2.24) is 14.6 Å². The molecule has 1 aliphatic rings. The Hall–Kier alpha value is -4.05. The lowest BCUT2D eigenvalue weighted by Crippen LogP contribution is -2.37. The normalized spacial score (nSPS) is 14.3. The molecule has 11 heteroatoms. The van der Waals surface area contributed by atoms with Crippen LogP contribution in [0.4, 0.5) is 11.4 Å². The average Bonchev–Trinajstić information content (AvgIpc) is 3.50. The standard InChI is InChI=1S/C27H17Cl2N5O3S/c1-14-5-4-6-16(11-14)30-21(35)13-33-20-8-3-2-7-18(20)22(25(33)36)23-26(37)34-27(38-23)31-24(32-34)17-10-9-15(28)12-19(17)29/h2-12H,13H2,1H3,(H,30,35). The number of carbonyl (C=O) groups excluding carboxylic acids is 2. The van der Waals surface area contributed by atoms with E-state index in [1.807, 2.05) is 25.1 Å². The van der Waals surface area contributed by atoms with Crippen LogP contribution in [0.3, 0.4) is 0 Å². The number of halogens is 2. The van der Waals surface area contributed by atoms with E-state index < -0.39 is 11.5 Å². The summed E-state index contributed by atoms with van der Waals surface area (Å²) in [5.41, 5.74) is 3.05. The second-order valence-corrected chi connectivity index (χ2v) is 10.5. The summed E-state index contributed by atoms with van der Waals surface area (Å²) in [5.74, 6) is -0.512. The maximum atomic E-state index is 13.6. The van der Waals surface area contributed by atoms with E-state index in [0.29, 0.717) is 37.5 Å². The van der Waals surface area contributed by atoms with Crippen LogP contribution in [0.1, 0.15) is 11.1 Å². The fourth-order valence-corrected chi connectivity index (χ4v) is 5.88. The fraction of sp³-hybridized carbons (Fsp3) is 0.0741. The highest BCUT2D eigenvalue weighted by atomic mass is 35.5. The molecule has 0 unspecified atom stereocenters. The lowest BCUT2D eigenvalue weighted by Gasteiger charge is -2.16. The number of aryl methyl sites for hydroxylation is 1. The first-order chi connectivity index (χ1) is 18.3. The minimum atomic E-state index is -0.474. The first kappa shape index (κ1) is 24.3. The van der Waals surface area contributed by atoms with Gasteiger partial charge < -0.3 is 5.32 Å². The van der Waals surface area contributed by atoms with Crippen molar-refractivity contribution < 1.29 is 9.59 Å². The molecular formula is C27H17Cl2N5O3S. The number of rotatable bonds is 4. The molecule has 2 aromatic heterocycles. The van der Waals surface area contributed by atoms with Crippen LogP contribution in [0.25, 0.3) is 21.9 Å². The molecular weight excluding hydrogens is 545 g/mol. The Kier molecular flexibility index (Phi) is 5.98. The molecule has 0 radical (unpaired) electrons. The third-order valence-corrected chi connectivity index (χ3v) is 7.66. The fourth-order valence-electron chi connectivity index (χ4n) is 4.39. The molecule has 0 spiro atoms. The first-order valence-corrected chi connectivity index (χ1v) is 13.0. The first-order valence-electron chi connectivity index (χ1n) is 11.5. The number of thiazole rings is 1. The molecule has 188 valence electrons. The van der Waals surface area contributed by atoms with Crippen LogP contribution in [-0.2, 0) is 9.59 Å². The van der Waals surface area contributed by atoms with Gasteiger partial charge in [-0.05, 0) is 48.9 Å². The summed E-state index contributed by atoms with van der Waals surface area (Å²) in [6, 6.07) is 19.4. The largest absolute Gasteiger partial charge is 0.325 e. The highest BCUT2D eigenvalue weighted by Gasteiger charge is 2.35. The van der Waals surface area contributed by atoms with Gasteiger partial charge in [-0.1, -0.05) is 64.9 Å². The van der Waals surface area contributed by atoms with Gasteiger partial charge in [0.05, 0.1) is 16.3 Å². The molecule has 3 aromatic carbocycles. The summed E-state index contributed by atoms with van der Waals surface area (Å²) in [4.78, 5) is 46.0. The molecule has 1 aliphatic heterocycles. The van der Waals surface area contributed by atoms with Gasteiger partial charge in [0.25, 0.3) is 11.5 Å². The van der Waals surface area contributed by atoms with Gasteiger partial charge >= 0.3 is 0 Å². The Bertz CT molecular complexity index is 1900. The highest BCUT2D eigenvalue weighted by molar-refractivity contribution is 7.15. The lowest BCUT2D eigenvalue weighted by molar-refractivity contribution is -0.118. The Balaban J connectivity index is 1.39. The third kappa shape index (κ3) is 4.14. The summed E-state index contributed by atoms with van der Waals surface area (Å²) in [6.07, 6.45) is 0. The monoisotopic (exact) mass is 561 g/mol. The summed E-state index contributed by atoms with van der Waals surface area (Å²) in [7, 11) is 0. The predicted octanol–water partition coefficient (Wildman–Crippen LogP) is 4.34. The molecule has 2 amide bonds. The molecule has 6 rings (SSSR count). The topological polar surface area (TPSA) is 96.7 Å². The van der Waals surface area contributed by atoms with Gasteiger partial charge in [-0.3, -0.25) is 19.3 Å². The van der Waals surface area contributed by atoms with Gasteiger partial charge in [-0.25, -0.2) is 0 Å². The summed E-state index contributed by atoms with van der Waals surface area (Å²) >= 11 is 13.3. The summed E-state index contributed by atoms with van der Waals surface area (Å²) < 4.78 is 1.36. The van der Waals surface area contributed by atoms with Crippen LogP contribution in [0, 0.1) is 6.92 Å². The Morgan fingerprint density at radius 2 is 1.82 bits per heavy atom. The molecule has 3 heterocycles. The van der Waals surface area contributed by atoms with Crippen LogP contribution in [-0.4, -0.2) is 33.0 Å². The van der Waals surface area contributed by atoms with Crippen molar-refractivity contribution in [3.8, 4) is 11.4 Å². The quantitative estimate of drug-likeness (QED) is 0.352. The van der Waals surface area contributed by atoms with Crippen molar-refractivity contribution in [1.29, 1.82) is 0 Å². The number of benzene rings is 3. The molecule has 0 atom stereocenters. The maximum Gasteiger partial charge on any atom is 0.291 e. The Labute approximate surface area is 229 Å². The highest BCUT2D eigenvalue weighted by Crippen LogP contribution is 2.35. The van der Waals surface area contributed by atoms with Gasteiger partial charge in [-0.2, -0.15) is 9.50 Å². The van der Waals surface area contributed by atoms with Crippen molar-refractivity contribution in [3.63, 3.8) is 0 Å². The molecule has 8 nitrogen and oxygen atoms in total. The van der Waals surface area contributed by atoms with E-state index in [9.17, 15) is 14.4 Å². The van der Waals surface area contributed by atoms with E-state index in [2.05, 4.69) is 15.4 Å². The van der Waals surface area contributed by atoms with Gasteiger partial charge in [-0.15, -0.1) is 5.10 Å². The number of nitrogens with one attached hydrogen (secondary N) is 1. The summed E-state index contributed by atoms with van der Waals surface area (Å²) in [5, 5.41) is 8.00. The molecule has 0 fully saturated rings.